The zero-order valence-corrected chi connectivity index (χ0v) is 10.5. The van der Waals surface area contributed by atoms with E-state index in [0.29, 0.717) is 9.33 Å². The summed E-state index contributed by atoms with van der Waals surface area (Å²) in [5.74, 6) is 2.00. The van der Waals surface area contributed by atoms with Gasteiger partial charge in [-0.05, 0) is 18.6 Å². The fourth-order valence-corrected chi connectivity index (χ4v) is 3.49. The first-order chi connectivity index (χ1) is 5.31. The van der Waals surface area contributed by atoms with Gasteiger partial charge in [-0.3, -0.25) is 0 Å². The van der Waals surface area contributed by atoms with E-state index in [0.717, 1.165) is 5.92 Å². The molecule has 0 aromatic carbocycles. The summed E-state index contributed by atoms with van der Waals surface area (Å²) in [5, 5.41) is 0. The number of hydrogen-bond donors (Lipinski definition) is 0. The molecule has 0 heterocycles. The average molecular weight is 205 g/mol. The van der Waals surface area contributed by atoms with Crippen LogP contribution in [0.5, 0.6) is 0 Å². The van der Waals surface area contributed by atoms with Gasteiger partial charge in [0.1, 0.15) is 0 Å². The van der Waals surface area contributed by atoms with Crippen molar-refractivity contribution >= 4 is 23.5 Å². The molecule has 0 N–H and O–H groups in total. The molecule has 0 saturated carbocycles. The molecule has 0 aromatic heterocycles. The molecule has 0 rings (SSSR count). The molecule has 0 bridgehead atoms. The first-order valence-electron chi connectivity index (χ1n) is 4.44. The summed E-state index contributed by atoms with van der Waals surface area (Å²) in [5.41, 5.74) is 0. The monoisotopic (exact) mass is 205 g/mol. The van der Waals surface area contributed by atoms with Crippen molar-refractivity contribution in [2.45, 2.75) is 43.9 Å². The SMILES string of the molecule is [CH2]C(SCC(C)C)SC(C)(C)C. The third kappa shape index (κ3) is 8.79. The highest BCUT2D eigenvalue weighted by molar-refractivity contribution is 8.17. The molecule has 0 spiro atoms. The fourth-order valence-electron chi connectivity index (χ4n) is 0.728. The van der Waals surface area contributed by atoms with E-state index in [4.69, 9.17) is 0 Å². The Balaban J connectivity index is 3.53. The summed E-state index contributed by atoms with van der Waals surface area (Å²) < 4.78 is 0.823. The molecule has 73 valence electrons. The maximum atomic E-state index is 4.12. The summed E-state index contributed by atoms with van der Waals surface area (Å²) in [6.07, 6.45) is 0. The summed E-state index contributed by atoms with van der Waals surface area (Å²) in [6, 6.07) is 0. The van der Waals surface area contributed by atoms with Crippen molar-refractivity contribution in [3.05, 3.63) is 6.92 Å². The van der Waals surface area contributed by atoms with E-state index in [1.165, 1.54) is 5.75 Å². The second-order valence-corrected chi connectivity index (χ2v) is 7.95. The van der Waals surface area contributed by atoms with E-state index in [9.17, 15) is 0 Å². The van der Waals surface area contributed by atoms with Crippen molar-refractivity contribution in [2.75, 3.05) is 5.75 Å². The lowest BCUT2D eigenvalue weighted by molar-refractivity contribution is 0.750. The molecule has 1 radical (unpaired) electrons. The molecule has 0 amide bonds. The van der Waals surface area contributed by atoms with Gasteiger partial charge < -0.3 is 0 Å². The minimum Gasteiger partial charge on any atom is -0.147 e. The van der Waals surface area contributed by atoms with Gasteiger partial charge in [0.15, 0.2) is 0 Å². The summed E-state index contributed by atoms with van der Waals surface area (Å²) in [6.45, 7) is 15.3. The van der Waals surface area contributed by atoms with Gasteiger partial charge >= 0.3 is 0 Å². The van der Waals surface area contributed by atoms with E-state index in [2.05, 4.69) is 41.5 Å². The van der Waals surface area contributed by atoms with Crippen LogP contribution >= 0.6 is 23.5 Å². The molecule has 1 atom stereocenters. The predicted molar refractivity (Wildman–Crippen MR) is 63.8 cm³/mol. The second kappa shape index (κ2) is 5.43. The zero-order chi connectivity index (χ0) is 9.78. The number of rotatable bonds is 4. The Hall–Kier alpha value is 0.700. The van der Waals surface area contributed by atoms with E-state index < -0.39 is 0 Å². The molecule has 12 heavy (non-hydrogen) atoms. The molecule has 0 saturated heterocycles. The van der Waals surface area contributed by atoms with Gasteiger partial charge in [0.2, 0.25) is 0 Å². The smallest absolute Gasteiger partial charge is 0.0508 e. The molecule has 0 aliphatic carbocycles. The first-order valence-corrected chi connectivity index (χ1v) is 6.36. The third-order valence-electron chi connectivity index (χ3n) is 1.10. The molecule has 0 aliphatic rings. The van der Waals surface area contributed by atoms with Crippen molar-refractivity contribution in [3.8, 4) is 0 Å². The Morgan fingerprint density at radius 2 is 1.75 bits per heavy atom. The van der Waals surface area contributed by atoms with Crippen LogP contribution < -0.4 is 0 Å². The van der Waals surface area contributed by atoms with Crippen molar-refractivity contribution in [2.24, 2.45) is 5.92 Å². The minimum atomic E-state index is 0.344. The van der Waals surface area contributed by atoms with Gasteiger partial charge in [0.25, 0.3) is 0 Å². The van der Waals surface area contributed by atoms with Crippen molar-refractivity contribution in [1.82, 2.24) is 0 Å². The first kappa shape index (κ1) is 12.7. The highest BCUT2D eigenvalue weighted by Crippen LogP contribution is 2.34. The van der Waals surface area contributed by atoms with Gasteiger partial charge in [-0.1, -0.05) is 34.6 Å². The quantitative estimate of drug-likeness (QED) is 0.635. The highest BCUT2D eigenvalue weighted by atomic mass is 32.2. The average Bonchev–Trinajstić information content (AvgIpc) is 1.79. The molecule has 0 aliphatic heterocycles. The van der Waals surface area contributed by atoms with Crippen molar-refractivity contribution < 1.29 is 0 Å². The van der Waals surface area contributed by atoms with Gasteiger partial charge in [-0.15, -0.1) is 23.5 Å². The Morgan fingerprint density at radius 3 is 2.08 bits per heavy atom. The maximum Gasteiger partial charge on any atom is 0.0508 e. The standard InChI is InChI=1S/C10H21S2/c1-8(2)7-11-9(3)12-10(4,5)6/h8-9H,3,7H2,1-2,4-6H3. The van der Waals surface area contributed by atoms with Crippen LogP contribution in [0.3, 0.4) is 0 Å². The van der Waals surface area contributed by atoms with Gasteiger partial charge in [0.05, 0.1) is 4.58 Å². The Kier molecular flexibility index (Phi) is 5.75. The van der Waals surface area contributed by atoms with Crippen LogP contribution in [0.4, 0.5) is 0 Å². The van der Waals surface area contributed by atoms with Crippen LogP contribution in [-0.4, -0.2) is 15.1 Å². The van der Waals surface area contributed by atoms with E-state index in [1.54, 1.807) is 0 Å². The Labute approximate surface area is 86.3 Å². The highest BCUT2D eigenvalue weighted by Gasteiger charge is 2.15. The normalized spacial score (nSPS) is 15.2. The molecular weight excluding hydrogens is 184 g/mol. The van der Waals surface area contributed by atoms with Crippen LogP contribution in [0.15, 0.2) is 0 Å². The summed E-state index contributed by atoms with van der Waals surface area (Å²) in [7, 11) is 0. The lowest BCUT2D eigenvalue weighted by atomic mass is 10.3. The fraction of sp³-hybridized carbons (Fsp3) is 0.900. The molecular formula is C10H21S2. The minimum absolute atomic E-state index is 0.344. The maximum absolute atomic E-state index is 4.12. The Morgan fingerprint density at radius 1 is 1.25 bits per heavy atom. The lowest BCUT2D eigenvalue weighted by Gasteiger charge is -2.22. The second-order valence-electron chi connectivity index (χ2n) is 4.39. The van der Waals surface area contributed by atoms with E-state index in [1.807, 2.05) is 23.5 Å². The van der Waals surface area contributed by atoms with Crippen LogP contribution in [0.25, 0.3) is 0 Å². The van der Waals surface area contributed by atoms with Crippen LogP contribution in [0, 0.1) is 12.8 Å². The van der Waals surface area contributed by atoms with Crippen molar-refractivity contribution in [1.29, 1.82) is 0 Å². The molecule has 1 unspecified atom stereocenters. The zero-order valence-electron chi connectivity index (χ0n) is 8.89. The van der Waals surface area contributed by atoms with Crippen LogP contribution in [0.2, 0.25) is 0 Å². The predicted octanol–water partition coefficient (Wildman–Crippen LogP) is 4.07. The third-order valence-corrected chi connectivity index (χ3v) is 4.00. The van der Waals surface area contributed by atoms with Gasteiger partial charge in [-0.2, -0.15) is 0 Å². The van der Waals surface area contributed by atoms with Gasteiger partial charge in [-0.25, -0.2) is 0 Å². The van der Waals surface area contributed by atoms with E-state index >= 15 is 0 Å². The van der Waals surface area contributed by atoms with Gasteiger partial charge in [0, 0.05) is 4.75 Å². The number of hydrogen-bond acceptors (Lipinski definition) is 2. The van der Waals surface area contributed by atoms with E-state index in [-0.39, 0.29) is 0 Å². The van der Waals surface area contributed by atoms with Crippen LogP contribution in [0.1, 0.15) is 34.6 Å². The molecule has 0 fully saturated rings. The van der Waals surface area contributed by atoms with Crippen molar-refractivity contribution in [3.63, 3.8) is 0 Å². The largest absolute Gasteiger partial charge is 0.147 e. The topological polar surface area (TPSA) is 0 Å². The Bertz CT molecular complexity index is 113. The molecule has 0 aromatic rings. The lowest BCUT2D eigenvalue weighted by Crippen LogP contribution is -2.12. The van der Waals surface area contributed by atoms with Crippen LogP contribution in [-0.2, 0) is 0 Å². The molecule has 2 heteroatoms. The molecule has 0 nitrogen and oxygen atoms in total. The summed E-state index contributed by atoms with van der Waals surface area (Å²) in [4.78, 5) is 0. The summed E-state index contributed by atoms with van der Waals surface area (Å²) >= 11 is 3.91. The number of thioether (sulfide) groups is 2.